The summed E-state index contributed by atoms with van der Waals surface area (Å²) in [6.45, 7) is 19.7. The minimum absolute atomic E-state index is 0.0951. The van der Waals surface area contributed by atoms with Crippen molar-refractivity contribution in [3.8, 4) is 92.3 Å². The first-order valence-corrected chi connectivity index (χ1v) is 54.6. The number of benzene rings is 9. The number of anilines is 6. The summed E-state index contributed by atoms with van der Waals surface area (Å²) < 4.78 is 62.8. The number of carbonyl (C=O) groups is 6. The van der Waals surface area contributed by atoms with Crippen molar-refractivity contribution in [2.24, 2.45) is 0 Å². The van der Waals surface area contributed by atoms with Gasteiger partial charge in [-0.3, -0.25) is 28.8 Å². The maximum absolute atomic E-state index is 14.1. The van der Waals surface area contributed by atoms with Crippen LogP contribution in [0.2, 0.25) is 0 Å². The molecule has 0 saturated heterocycles. The minimum atomic E-state index is -0.556. The van der Waals surface area contributed by atoms with Crippen LogP contribution in [-0.2, 0) is 28.8 Å². The zero-order chi connectivity index (χ0) is 99.4. The number of hydrogen-bond acceptors (Lipinski definition) is 16. The van der Waals surface area contributed by atoms with Crippen LogP contribution in [0.5, 0.6) is 92.3 Å². The normalized spacial score (nSPS) is 14.8. The molecule has 10 aromatic rings. The average Bonchev–Trinajstić information content (AvgIpc) is 1.51. The Balaban J connectivity index is 1.11. The Morgan fingerprint density at radius 3 is 0.570 bits per heavy atom. The largest absolute Gasteiger partial charge is 0.453 e. The van der Waals surface area contributed by atoms with E-state index in [0.29, 0.717) is 94.1 Å². The lowest BCUT2D eigenvalue weighted by Gasteiger charge is -2.30. The van der Waals surface area contributed by atoms with Gasteiger partial charge in [0, 0.05) is 167 Å². The summed E-state index contributed by atoms with van der Waals surface area (Å²) in [5.41, 5.74) is 9.53. The predicted molar refractivity (Wildman–Crippen MR) is 571 cm³/mol. The fraction of sp³-hybridized carbons (Fsp3) is 0.500. The lowest BCUT2D eigenvalue weighted by atomic mass is 9.76. The van der Waals surface area contributed by atoms with Gasteiger partial charge in [-0.25, -0.2) is 9.97 Å². The van der Waals surface area contributed by atoms with E-state index < -0.39 is 23.7 Å². The van der Waals surface area contributed by atoms with Crippen molar-refractivity contribution in [2.45, 2.75) is 388 Å². The molecule has 5 heterocycles. The van der Waals surface area contributed by atoms with E-state index in [1.165, 1.54) is 96.3 Å². The van der Waals surface area contributed by atoms with Gasteiger partial charge in [0.15, 0.2) is 34.5 Å². The number of unbranched alkanes of at least 4 members (excludes halogenated alkanes) is 32. The van der Waals surface area contributed by atoms with Crippen LogP contribution in [-0.4, -0.2) is 45.4 Å². The van der Waals surface area contributed by atoms with Crippen LogP contribution in [0, 0.1) is 0 Å². The molecule has 0 radical (unpaired) electrons. The number of fused-ring (bicyclic) bond motifs is 6. The molecule has 6 N–H and O–H groups in total. The smallest absolute Gasteiger partial charge is 0.284 e. The second-order valence-corrected chi connectivity index (χ2v) is 39.7. The van der Waals surface area contributed by atoms with E-state index in [0.717, 1.165) is 190 Å². The molecule has 0 fully saturated rings. The molecule has 756 valence electrons. The average molecular weight is 1930 g/mol. The molecule has 4 aliphatic heterocycles. The van der Waals surface area contributed by atoms with Crippen molar-refractivity contribution < 1.29 is 66.7 Å². The highest BCUT2D eigenvalue weighted by molar-refractivity contribution is 6.03. The summed E-state index contributed by atoms with van der Waals surface area (Å²) in [6.07, 6.45) is 42.2. The van der Waals surface area contributed by atoms with Crippen molar-refractivity contribution in [3.63, 3.8) is 0 Å². The first kappa shape index (κ1) is 104. The monoisotopic (exact) mass is 1930 g/mol. The third-order valence-electron chi connectivity index (χ3n) is 29.0. The Labute approximate surface area is 841 Å². The molecule has 0 saturated carbocycles. The van der Waals surface area contributed by atoms with Gasteiger partial charge < -0.3 is 69.8 Å². The number of nitrogens with zero attached hydrogens (tertiary/aromatic N) is 2. The molecule has 22 heteroatoms. The van der Waals surface area contributed by atoms with E-state index in [9.17, 15) is 28.8 Å². The third-order valence-corrected chi connectivity index (χ3v) is 29.0. The fourth-order valence-electron chi connectivity index (χ4n) is 20.8. The summed E-state index contributed by atoms with van der Waals surface area (Å²) in [5, 5.41) is 20.7. The molecule has 0 spiro atoms. The highest BCUT2D eigenvalue weighted by Crippen LogP contribution is 2.61. The summed E-state index contributed by atoms with van der Waals surface area (Å²) in [5.74, 6) is 0.938. The quantitative estimate of drug-likeness (QED) is 0.0153. The summed E-state index contributed by atoms with van der Waals surface area (Å²) in [4.78, 5) is 95.9. The molecule has 4 atom stereocenters. The van der Waals surface area contributed by atoms with Gasteiger partial charge in [-0.2, -0.15) is 0 Å². The van der Waals surface area contributed by atoms with Gasteiger partial charge in [0.2, 0.25) is 35.4 Å². The maximum atomic E-state index is 14.1. The lowest BCUT2D eigenvalue weighted by Crippen LogP contribution is -2.15. The zero-order valence-electron chi connectivity index (χ0n) is 86.0. The van der Waals surface area contributed by atoms with Crippen LogP contribution >= 0.6 is 0 Å². The molecule has 1 aliphatic carbocycles. The number of rotatable bonds is 52. The Kier molecular flexibility index (Phi) is 37.9. The van der Waals surface area contributed by atoms with Crippen molar-refractivity contribution >= 4 is 91.4 Å². The van der Waals surface area contributed by atoms with Gasteiger partial charge in [0.1, 0.15) is 46.0 Å². The van der Waals surface area contributed by atoms with Crippen molar-refractivity contribution in [3.05, 3.63) is 166 Å². The van der Waals surface area contributed by atoms with Gasteiger partial charge in [0.25, 0.3) is 11.8 Å². The van der Waals surface area contributed by atoms with Crippen LogP contribution in [0.15, 0.2) is 121 Å². The van der Waals surface area contributed by atoms with Gasteiger partial charge in [0.05, 0.1) is 45.2 Å². The molecule has 6 amide bonds. The number of nitrogens with one attached hydrogen (secondary N) is 6. The van der Waals surface area contributed by atoms with Gasteiger partial charge >= 0.3 is 0 Å². The van der Waals surface area contributed by atoms with E-state index in [1.807, 2.05) is 48.5 Å². The lowest BCUT2D eigenvalue weighted by molar-refractivity contribution is -0.116. The van der Waals surface area contributed by atoms with E-state index in [2.05, 4.69) is 96.0 Å². The van der Waals surface area contributed by atoms with Crippen LogP contribution in [0.4, 0.5) is 34.1 Å². The molecule has 1 aromatic heterocycles. The fourth-order valence-corrected chi connectivity index (χ4v) is 20.8. The topological polar surface area (TPSA) is 274 Å². The van der Waals surface area contributed by atoms with Gasteiger partial charge in [-0.15, -0.1) is 0 Å². The van der Waals surface area contributed by atoms with E-state index in [1.54, 1.807) is 77.9 Å². The van der Waals surface area contributed by atoms with Crippen LogP contribution in [0.1, 0.15) is 433 Å². The van der Waals surface area contributed by atoms with E-state index >= 15 is 0 Å². The number of aromatic nitrogens is 2. The second-order valence-electron chi connectivity index (χ2n) is 39.7. The maximum Gasteiger partial charge on any atom is 0.284 e. The summed E-state index contributed by atoms with van der Waals surface area (Å²) in [6, 6.07) is 40.1. The van der Waals surface area contributed by atoms with Crippen LogP contribution in [0.3, 0.4) is 0 Å². The Hall–Kier alpha value is -12.2. The highest BCUT2D eigenvalue weighted by Gasteiger charge is 2.41. The van der Waals surface area contributed by atoms with E-state index in [-0.39, 0.29) is 143 Å². The number of amides is 6. The van der Waals surface area contributed by atoms with E-state index in [4.69, 9.17) is 47.9 Å². The molecule has 142 heavy (non-hydrogen) atoms. The van der Waals surface area contributed by atoms with Crippen LogP contribution < -0.4 is 69.8 Å². The molecule has 9 aromatic carbocycles. The minimum Gasteiger partial charge on any atom is -0.453 e. The molecule has 2 unspecified atom stereocenters. The molecule has 8 bridgehead atoms. The predicted octanol–water partition coefficient (Wildman–Crippen LogP) is 35.0. The SMILES string of the molecule is CCCCCCCCCCCC1c2cc3c4cc2Oc2cc(NC(=O)CC)c(NC(=O)CC)cc2Oc2cc5c(cc21)[C@H](CCCCCCCCCCC)c1cc2c(cc1Oc1cc(NC(=O)CC)c(NC(=O)CC)cc1O5)Oc1nc5cc6ccccc6cc5nc1Oc1cc(c(cc1C2CCCCCCCCCCC)[C@@H]3CCCCCCCCCCC)Oc1cc(NC(=O)CC)c(NC(=O)CC)cc1O4. The van der Waals surface area contributed by atoms with Crippen molar-refractivity contribution in [2.75, 3.05) is 31.9 Å². The van der Waals surface area contributed by atoms with Crippen molar-refractivity contribution in [1.29, 1.82) is 0 Å². The molecular formula is C120H152N8O14. The highest BCUT2D eigenvalue weighted by atomic mass is 16.6. The molecular weight excluding hydrogens is 1780 g/mol. The summed E-state index contributed by atoms with van der Waals surface area (Å²) >= 11 is 0. The van der Waals surface area contributed by atoms with Crippen molar-refractivity contribution in [1.82, 2.24) is 9.97 Å². The van der Waals surface area contributed by atoms with Gasteiger partial charge in [-0.05, 0) is 72.9 Å². The first-order chi connectivity index (χ1) is 69.4. The first-order valence-electron chi connectivity index (χ1n) is 54.6. The third kappa shape index (κ3) is 26.4. The second kappa shape index (κ2) is 51.7. The molecule has 15 rings (SSSR count). The summed E-state index contributed by atoms with van der Waals surface area (Å²) in [7, 11) is 0. The molecule has 5 aliphatic rings. The van der Waals surface area contributed by atoms with Gasteiger partial charge in [-0.1, -0.05) is 325 Å². The number of ether oxygens (including phenoxy) is 8. The number of hydrogen-bond donors (Lipinski definition) is 6. The Morgan fingerprint density at radius 1 is 0.211 bits per heavy atom. The Bertz CT molecular complexity index is 5740. The number of carbonyl (C=O) groups excluding carboxylic acids is 6. The Morgan fingerprint density at radius 2 is 0.387 bits per heavy atom. The zero-order valence-corrected chi connectivity index (χ0v) is 86.0. The molecule has 22 nitrogen and oxygen atoms in total. The van der Waals surface area contributed by atoms with Crippen LogP contribution in [0.25, 0.3) is 21.8 Å². The standard InChI is InChI=1S/C120H152N8O14/c1-11-21-25-29-33-37-41-45-49-57-79-83-63-85-80(58-50-46-42-38-34-30-26-22-12-2)87-65-89-82(60-52-48-44-40-36-32-28-24-14-4)90-66-88-81(59-51-47-43-39-35-31-27-23-13-3)86-64-84(79)100-74-102(86)138-110-70-96(124-116(132)18-8)98(126-118(134)20-10)72-112(110)140-104(88)76-106(90)142-120-119(127-91-61-77-55-53-54-56-78(77)62-92(91)128-120)141-105(89)75-103(87)139-111-71-97(125-117(133)19-9)95(123-115(131)17-7)69-109(111)137-101(85)73-99(83)135-107-67-93(121-113(129)15-5)94(68-108(107)136-100)122-114(130)16-6/h53-56,61-76,79-82H,11-52,57-60H2,1-10H3,(H,121,129)(H,122,130)(H,123,131)(H,124,132)(H,125,133)(H,126,134)/t79?,80-,81+,82?.